The van der Waals surface area contributed by atoms with Gasteiger partial charge in [0.25, 0.3) is 0 Å². The highest BCUT2D eigenvalue weighted by Gasteiger charge is 2.30. The summed E-state index contributed by atoms with van der Waals surface area (Å²) in [6, 6.07) is 0. The maximum Gasteiger partial charge on any atom is 0.472 e. The molecule has 0 aromatic rings. The highest BCUT2D eigenvalue weighted by molar-refractivity contribution is 7.47. The van der Waals surface area contributed by atoms with Gasteiger partial charge >= 0.3 is 39.5 Å². The summed E-state index contributed by atoms with van der Waals surface area (Å²) in [7, 11) is -9.97. The van der Waals surface area contributed by atoms with Crippen LogP contribution in [0.4, 0.5) is 0 Å². The first-order valence-electron chi connectivity index (χ1n) is 37.8. The Morgan fingerprint density at radius 3 is 0.929 bits per heavy atom. The van der Waals surface area contributed by atoms with E-state index in [0.29, 0.717) is 32.1 Å². The third-order valence-corrected chi connectivity index (χ3v) is 17.3. The van der Waals surface area contributed by atoms with E-state index in [-0.39, 0.29) is 25.7 Å². The summed E-state index contributed by atoms with van der Waals surface area (Å²) in [6.07, 6.45) is 76.3. The number of ether oxygens (including phenoxy) is 4. The summed E-state index contributed by atoms with van der Waals surface area (Å²) >= 11 is 0. The number of aliphatic hydroxyl groups excluding tert-OH is 1. The lowest BCUT2D eigenvalue weighted by Gasteiger charge is -2.21. The molecule has 0 bridgehead atoms. The van der Waals surface area contributed by atoms with Gasteiger partial charge in [-0.3, -0.25) is 37.3 Å². The maximum absolute atomic E-state index is 13.1. The molecule has 0 aliphatic rings. The molecule has 0 aromatic heterocycles. The summed E-state index contributed by atoms with van der Waals surface area (Å²) < 4.78 is 68.3. The number of allylic oxidation sites excluding steroid dienone is 20. The Morgan fingerprint density at radius 1 is 0.296 bits per heavy atom. The molecular weight excluding hydrogens is 1280 g/mol. The highest BCUT2D eigenvalue weighted by Crippen LogP contribution is 2.45. The Bertz CT molecular complexity index is 2340. The molecule has 98 heavy (non-hydrogen) atoms. The molecule has 0 fully saturated rings. The van der Waals surface area contributed by atoms with Gasteiger partial charge in [-0.25, -0.2) is 9.13 Å². The van der Waals surface area contributed by atoms with Crippen LogP contribution in [-0.2, 0) is 65.4 Å². The molecule has 0 aliphatic heterocycles. The van der Waals surface area contributed by atoms with Gasteiger partial charge in [-0.05, 0) is 148 Å². The van der Waals surface area contributed by atoms with Crippen LogP contribution in [0.3, 0.4) is 0 Å². The van der Waals surface area contributed by atoms with Crippen LogP contribution >= 0.6 is 15.6 Å². The van der Waals surface area contributed by atoms with E-state index >= 15 is 0 Å². The van der Waals surface area contributed by atoms with Crippen LogP contribution in [-0.4, -0.2) is 96.7 Å². The van der Waals surface area contributed by atoms with Crippen molar-refractivity contribution in [1.82, 2.24) is 0 Å². The first-order valence-corrected chi connectivity index (χ1v) is 40.8. The predicted octanol–water partition coefficient (Wildman–Crippen LogP) is 21.6. The molecule has 17 nitrogen and oxygen atoms in total. The van der Waals surface area contributed by atoms with E-state index in [1.807, 2.05) is 12.2 Å². The normalized spacial score (nSPS) is 14.6. The molecule has 0 radical (unpaired) electrons. The summed E-state index contributed by atoms with van der Waals surface area (Å²) in [5, 5.41) is 10.6. The summed E-state index contributed by atoms with van der Waals surface area (Å²) in [5.41, 5.74) is 0. The molecule has 0 rings (SSSR count). The summed E-state index contributed by atoms with van der Waals surface area (Å²) in [6.45, 7) is 4.54. The largest absolute Gasteiger partial charge is 0.472 e. The molecule has 19 heteroatoms. The standard InChI is InChI=1S/C79H134O17P2/c1-5-9-13-17-21-25-29-33-35-36-38-42-44-48-52-56-60-64-77(82)90-70-75(96-79(84)66-62-58-54-50-46-40-32-28-24-20-16-12-8-4)72-94-98(87,88)92-68-73(80)67-91-97(85,86)93-71-74(95-78(83)65-61-57-53-49-45-39-31-27-23-19-15-11-7-3)69-89-76(81)63-59-55-51-47-43-41-37-34-30-26-22-18-14-10-6-2/h9,13,16,20-22,25-28,31-35,37-38,42,48,52,73-75,80H,5-8,10-12,14-15,17-19,23-24,29-30,36,39-41,43-47,49-51,53-72H2,1-4H3,(H,85,86)(H,87,88)/b13-9-,20-16-,25-21-,26-22-,31-27-,32-28-,35-33-,37-34-,42-38-,52-48-. The van der Waals surface area contributed by atoms with Crippen molar-refractivity contribution in [2.75, 3.05) is 39.6 Å². The maximum atomic E-state index is 13.1. The molecule has 0 saturated heterocycles. The number of carbonyl (C=O) groups is 4. The van der Waals surface area contributed by atoms with Gasteiger partial charge in [0, 0.05) is 25.7 Å². The second-order valence-electron chi connectivity index (χ2n) is 24.8. The van der Waals surface area contributed by atoms with Crippen molar-refractivity contribution >= 4 is 39.5 Å². The van der Waals surface area contributed by atoms with Crippen molar-refractivity contribution in [3.8, 4) is 0 Å². The fourth-order valence-corrected chi connectivity index (χ4v) is 11.2. The van der Waals surface area contributed by atoms with Gasteiger partial charge in [0.05, 0.1) is 26.4 Å². The molecular formula is C79H134O17P2. The Labute approximate surface area is 593 Å². The lowest BCUT2D eigenvalue weighted by molar-refractivity contribution is -0.161. The number of esters is 4. The minimum Gasteiger partial charge on any atom is -0.462 e. The average Bonchev–Trinajstić information content (AvgIpc) is 0.969. The average molecular weight is 1420 g/mol. The van der Waals surface area contributed by atoms with Crippen LogP contribution < -0.4 is 0 Å². The predicted molar refractivity (Wildman–Crippen MR) is 399 cm³/mol. The number of unbranched alkanes of at least 4 members (excludes halogenated alkanes) is 24. The van der Waals surface area contributed by atoms with E-state index in [2.05, 4.69) is 137 Å². The van der Waals surface area contributed by atoms with Crippen LogP contribution in [0, 0.1) is 0 Å². The Morgan fingerprint density at radius 2 is 0.561 bits per heavy atom. The van der Waals surface area contributed by atoms with Crippen molar-refractivity contribution < 1.29 is 80.2 Å². The van der Waals surface area contributed by atoms with E-state index in [1.54, 1.807) is 0 Å². The van der Waals surface area contributed by atoms with Crippen LogP contribution in [0.15, 0.2) is 122 Å². The van der Waals surface area contributed by atoms with E-state index < -0.39 is 97.5 Å². The fourth-order valence-electron chi connectivity index (χ4n) is 9.61. The number of hydrogen-bond donors (Lipinski definition) is 3. The zero-order chi connectivity index (χ0) is 71.8. The van der Waals surface area contributed by atoms with Crippen molar-refractivity contribution in [1.29, 1.82) is 0 Å². The van der Waals surface area contributed by atoms with Gasteiger partial charge in [0.15, 0.2) is 12.2 Å². The SMILES string of the molecule is CC/C=C\C/C=C\C/C=C\C/C=C\C/C=C\CCCC(=O)OCC(COP(=O)(O)OCC(O)COP(=O)(O)OCC(COC(=O)CCCCCCC/C=C\C/C=C\CCCCC)OC(=O)CCCCCCC/C=C\CCCCCC)OC(=O)CCCCCCC/C=C\C/C=C\CCC. The minimum atomic E-state index is -4.99. The lowest BCUT2D eigenvalue weighted by Crippen LogP contribution is -2.30. The van der Waals surface area contributed by atoms with Crippen molar-refractivity contribution in [2.24, 2.45) is 0 Å². The van der Waals surface area contributed by atoms with E-state index in [4.69, 9.17) is 37.0 Å². The summed E-state index contributed by atoms with van der Waals surface area (Å²) in [5.74, 6) is -2.28. The third kappa shape index (κ3) is 69.9. The number of hydrogen-bond acceptors (Lipinski definition) is 15. The number of rotatable bonds is 70. The molecule has 0 aliphatic carbocycles. The van der Waals surface area contributed by atoms with Crippen molar-refractivity contribution in [3.63, 3.8) is 0 Å². The Hall–Kier alpha value is -4.54. The smallest absolute Gasteiger partial charge is 0.462 e. The van der Waals surface area contributed by atoms with Crippen LogP contribution in [0.1, 0.15) is 297 Å². The zero-order valence-electron chi connectivity index (χ0n) is 61.2. The molecule has 0 heterocycles. The molecule has 0 saturated carbocycles. The minimum absolute atomic E-state index is 0.0636. The van der Waals surface area contributed by atoms with Gasteiger partial charge in [-0.15, -0.1) is 0 Å². The highest BCUT2D eigenvalue weighted by atomic mass is 31.2. The topological polar surface area (TPSA) is 237 Å². The fraction of sp³-hybridized carbons (Fsp3) is 0.696. The monoisotopic (exact) mass is 1420 g/mol. The number of phosphoric ester groups is 2. The van der Waals surface area contributed by atoms with E-state index in [9.17, 15) is 43.2 Å². The molecule has 3 N–H and O–H groups in total. The van der Waals surface area contributed by atoms with Gasteiger partial charge in [0.2, 0.25) is 0 Å². The Balaban J connectivity index is 5.41. The molecule has 0 amide bonds. The van der Waals surface area contributed by atoms with Gasteiger partial charge in [-0.2, -0.15) is 0 Å². The van der Waals surface area contributed by atoms with E-state index in [1.165, 1.54) is 44.9 Å². The molecule has 562 valence electrons. The molecule has 5 unspecified atom stereocenters. The number of phosphoric acid groups is 2. The summed E-state index contributed by atoms with van der Waals surface area (Å²) in [4.78, 5) is 72.8. The first kappa shape index (κ1) is 93.5. The quantitative estimate of drug-likeness (QED) is 0.0169. The Kier molecular flexibility index (Phi) is 67.6. The second-order valence-corrected chi connectivity index (χ2v) is 27.8. The molecule has 0 aromatic carbocycles. The zero-order valence-corrected chi connectivity index (χ0v) is 63.0. The van der Waals surface area contributed by atoms with Gasteiger partial charge < -0.3 is 33.8 Å². The van der Waals surface area contributed by atoms with Crippen LogP contribution in [0.5, 0.6) is 0 Å². The van der Waals surface area contributed by atoms with E-state index in [0.717, 1.165) is 167 Å². The van der Waals surface area contributed by atoms with Crippen LogP contribution in [0.25, 0.3) is 0 Å². The second kappa shape index (κ2) is 70.9. The van der Waals surface area contributed by atoms with Crippen LogP contribution in [0.2, 0.25) is 0 Å². The number of carbonyl (C=O) groups excluding carboxylic acids is 4. The number of aliphatic hydroxyl groups is 1. The molecule has 5 atom stereocenters. The van der Waals surface area contributed by atoms with Crippen molar-refractivity contribution in [3.05, 3.63) is 122 Å². The lowest BCUT2D eigenvalue weighted by atomic mass is 10.1. The van der Waals surface area contributed by atoms with Gasteiger partial charge in [0.1, 0.15) is 19.3 Å². The first-order chi connectivity index (χ1) is 47.7. The van der Waals surface area contributed by atoms with Crippen molar-refractivity contribution in [2.45, 2.75) is 316 Å². The van der Waals surface area contributed by atoms with Gasteiger partial charge in [-0.1, -0.05) is 246 Å². The molecule has 0 spiro atoms. The third-order valence-electron chi connectivity index (χ3n) is 15.4.